The molecule has 3 aromatic rings. The summed E-state index contributed by atoms with van der Waals surface area (Å²) in [6.45, 7) is 5.04. The van der Waals surface area contributed by atoms with Crippen LogP contribution in [0.25, 0.3) is 17.3 Å². The van der Waals surface area contributed by atoms with Gasteiger partial charge in [-0.25, -0.2) is 14.6 Å². The van der Waals surface area contributed by atoms with E-state index in [-0.39, 0.29) is 17.5 Å². The van der Waals surface area contributed by atoms with Crippen LogP contribution in [0.3, 0.4) is 0 Å². The van der Waals surface area contributed by atoms with E-state index in [4.69, 9.17) is 5.73 Å². The highest BCUT2D eigenvalue weighted by molar-refractivity contribution is 5.71. The zero-order valence-electron chi connectivity index (χ0n) is 15.7. The Morgan fingerprint density at radius 1 is 1.25 bits per heavy atom. The molecule has 9 heteroatoms. The third-order valence-corrected chi connectivity index (χ3v) is 4.70. The van der Waals surface area contributed by atoms with Crippen LogP contribution in [0.5, 0.6) is 0 Å². The van der Waals surface area contributed by atoms with Gasteiger partial charge < -0.3 is 15.7 Å². The normalized spacial score (nSPS) is 16.4. The number of aromatic nitrogens is 5. The fourth-order valence-electron chi connectivity index (χ4n) is 3.37. The maximum atomic E-state index is 9.80. The first-order valence-electron chi connectivity index (χ1n) is 8.98. The van der Waals surface area contributed by atoms with Crippen LogP contribution in [-0.4, -0.2) is 49.0 Å². The van der Waals surface area contributed by atoms with Crippen molar-refractivity contribution >= 4 is 11.6 Å². The number of nitrogens with zero attached hydrogens (tertiary/aromatic N) is 7. The van der Waals surface area contributed by atoms with Crippen LogP contribution in [0.15, 0.2) is 24.3 Å². The van der Waals surface area contributed by atoms with Crippen LogP contribution < -0.4 is 10.6 Å². The zero-order valence-corrected chi connectivity index (χ0v) is 15.7. The number of nitriles is 1. The molecule has 1 aliphatic rings. The summed E-state index contributed by atoms with van der Waals surface area (Å²) in [5, 5.41) is 23.8. The molecule has 1 unspecified atom stereocenters. The summed E-state index contributed by atoms with van der Waals surface area (Å²) in [6, 6.07) is 9.50. The van der Waals surface area contributed by atoms with E-state index in [2.05, 4.69) is 26.1 Å². The second kappa shape index (κ2) is 6.90. The molecule has 4 rings (SSSR count). The van der Waals surface area contributed by atoms with E-state index in [1.807, 2.05) is 36.9 Å². The monoisotopic (exact) mass is 376 g/mol. The highest BCUT2D eigenvalue weighted by atomic mass is 16.3. The lowest BCUT2D eigenvalue weighted by Crippen LogP contribution is -2.22. The minimum absolute atomic E-state index is 0.0823. The van der Waals surface area contributed by atoms with Crippen LogP contribution in [0.4, 0.5) is 11.6 Å². The third kappa shape index (κ3) is 3.14. The van der Waals surface area contributed by atoms with Gasteiger partial charge in [-0.1, -0.05) is 6.07 Å². The van der Waals surface area contributed by atoms with Crippen molar-refractivity contribution in [3.63, 3.8) is 0 Å². The van der Waals surface area contributed by atoms with Crippen molar-refractivity contribution in [1.29, 1.82) is 5.26 Å². The lowest BCUT2D eigenvalue weighted by Gasteiger charge is -2.17. The number of hydrogen-bond acceptors (Lipinski definition) is 8. The Labute approximate surface area is 162 Å². The number of nitrogens with two attached hydrogens (primary N) is 1. The maximum absolute atomic E-state index is 9.80. The molecule has 142 valence electrons. The van der Waals surface area contributed by atoms with Crippen molar-refractivity contribution < 1.29 is 5.11 Å². The molecular formula is C19H20N8O. The SMILES string of the molecule is Cc1cc(C)n(-c2nc(N)c(C#N)c(-c3cccc(N4CCC(O)C4)n3)n2)n1. The van der Waals surface area contributed by atoms with Crippen LogP contribution in [-0.2, 0) is 0 Å². The summed E-state index contributed by atoms with van der Waals surface area (Å²) < 4.78 is 1.59. The van der Waals surface area contributed by atoms with Gasteiger partial charge >= 0.3 is 0 Å². The second-order valence-corrected chi connectivity index (χ2v) is 6.85. The molecule has 0 aliphatic carbocycles. The van der Waals surface area contributed by atoms with Crippen molar-refractivity contribution in [2.75, 3.05) is 23.7 Å². The molecule has 0 bridgehead atoms. The van der Waals surface area contributed by atoms with Gasteiger partial charge in [0.1, 0.15) is 29.0 Å². The summed E-state index contributed by atoms with van der Waals surface area (Å²) >= 11 is 0. The Morgan fingerprint density at radius 2 is 2.07 bits per heavy atom. The molecule has 1 fully saturated rings. The average Bonchev–Trinajstić information content (AvgIpc) is 3.26. The number of anilines is 2. The van der Waals surface area contributed by atoms with Crippen LogP contribution in [0.1, 0.15) is 23.4 Å². The molecule has 0 aromatic carbocycles. The molecule has 1 atom stereocenters. The third-order valence-electron chi connectivity index (χ3n) is 4.70. The summed E-state index contributed by atoms with van der Waals surface area (Å²) in [6.07, 6.45) is 0.352. The number of β-amino-alcohol motifs (C(OH)–C–C–N with tert-alkyl or cyclic N) is 1. The number of aliphatic hydroxyl groups excluding tert-OH is 1. The van der Waals surface area contributed by atoms with Crippen LogP contribution in [0.2, 0.25) is 0 Å². The van der Waals surface area contributed by atoms with Gasteiger partial charge in [-0.3, -0.25) is 0 Å². The topological polar surface area (TPSA) is 130 Å². The lowest BCUT2D eigenvalue weighted by atomic mass is 10.1. The largest absolute Gasteiger partial charge is 0.391 e. The van der Waals surface area contributed by atoms with Gasteiger partial charge in [0.2, 0.25) is 0 Å². The van der Waals surface area contributed by atoms with Gasteiger partial charge in [-0.05, 0) is 38.5 Å². The number of pyridine rings is 1. The first-order valence-corrected chi connectivity index (χ1v) is 8.98. The van der Waals surface area contributed by atoms with Crippen molar-refractivity contribution in [3.05, 3.63) is 41.2 Å². The van der Waals surface area contributed by atoms with E-state index in [1.165, 1.54) is 0 Å². The van der Waals surface area contributed by atoms with Crippen molar-refractivity contribution in [1.82, 2.24) is 24.7 Å². The minimum atomic E-state index is -0.354. The first-order chi connectivity index (χ1) is 13.5. The van der Waals surface area contributed by atoms with Crippen LogP contribution in [0, 0.1) is 25.2 Å². The molecule has 0 saturated carbocycles. The highest BCUT2D eigenvalue weighted by Crippen LogP contribution is 2.27. The van der Waals surface area contributed by atoms with Gasteiger partial charge in [0.15, 0.2) is 0 Å². The van der Waals surface area contributed by atoms with E-state index >= 15 is 0 Å². The summed E-state index contributed by atoms with van der Waals surface area (Å²) in [7, 11) is 0. The minimum Gasteiger partial charge on any atom is -0.391 e. The predicted octanol–water partition coefficient (Wildman–Crippen LogP) is 1.37. The number of aryl methyl sites for hydroxylation is 2. The Hall–Kier alpha value is -3.51. The molecule has 28 heavy (non-hydrogen) atoms. The van der Waals surface area contributed by atoms with E-state index in [9.17, 15) is 10.4 Å². The lowest BCUT2D eigenvalue weighted by molar-refractivity contribution is 0.198. The fourth-order valence-corrected chi connectivity index (χ4v) is 3.37. The first kappa shape index (κ1) is 17.9. The second-order valence-electron chi connectivity index (χ2n) is 6.85. The molecule has 1 saturated heterocycles. The molecule has 0 spiro atoms. The van der Waals surface area contributed by atoms with E-state index in [1.54, 1.807) is 10.7 Å². The average molecular weight is 376 g/mol. The van der Waals surface area contributed by atoms with E-state index in [0.717, 1.165) is 23.8 Å². The number of rotatable bonds is 3. The quantitative estimate of drug-likeness (QED) is 0.701. The zero-order chi connectivity index (χ0) is 19.8. The van der Waals surface area contributed by atoms with Crippen molar-refractivity contribution in [2.45, 2.75) is 26.4 Å². The molecule has 0 amide bonds. The molecular weight excluding hydrogens is 356 g/mol. The standard InChI is InChI=1S/C19H20N8O/c1-11-8-12(2)27(25-11)19-23-17(14(9-20)18(21)24-19)15-4-3-5-16(22-15)26-7-6-13(28)10-26/h3-5,8,13,28H,6-7,10H2,1-2H3,(H2,21,23,24). The van der Waals surface area contributed by atoms with Gasteiger partial charge in [0, 0.05) is 18.8 Å². The van der Waals surface area contributed by atoms with Crippen molar-refractivity contribution in [2.24, 2.45) is 0 Å². The van der Waals surface area contributed by atoms with Crippen molar-refractivity contribution in [3.8, 4) is 23.4 Å². The van der Waals surface area contributed by atoms with Gasteiger partial charge in [-0.2, -0.15) is 15.3 Å². The predicted molar refractivity (Wildman–Crippen MR) is 104 cm³/mol. The molecule has 3 N–H and O–H groups in total. The molecule has 1 aliphatic heterocycles. The number of aliphatic hydroxyl groups is 1. The highest BCUT2D eigenvalue weighted by Gasteiger charge is 2.23. The summed E-state index contributed by atoms with van der Waals surface area (Å²) in [5.74, 6) is 1.10. The smallest absolute Gasteiger partial charge is 0.253 e. The van der Waals surface area contributed by atoms with E-state index < -0.39 is 0 Å². The van der Waals surface area contributed by atoms with Gasteiger partial charge in [-0.15, -0.1) is 0 Å². The van der Waals surface area contributed by atoms with Gasteiger partial charge in [0.05, 0.1) is 17.5 Å². The Kier molecular flexibility index (Phi) is 4.41. The van der Waals surface area contributed by atoms with E-state index in [0.29, 0.717) is 30.3 Å². The molecule has 3 aromatic heterocycles. The van der Waals surface area contributed by atoms with Gasteiger partial charge in [0.25, 0.3) is 5.95 Å². The Morgan fingerprint density at radius 3 is 2.71 bits per heavy atom. The summed E-state index contributed by atoms with van der Waals surface area (Å²) in [5.41, 5.74) is 8.81. The number of hydrogen-bond donors (Lipinski definition) is 2. The summed E-state index contributed by atoms with van der Waals surface area (Å²) in [4.78, 5) is 15.5. The Balaban J connectivity index is 1.83. The number of nitrogen functional groups attached to an aromatic ring is 1. The fraction of sp³-hybridized carbons (Fsp3) is 0.316. The molecule has 0 radical (unpaired) electrons. The molecule has 9 nitrogen and oxygen atoms in total. The molecule has 4 heterocycles. The van der Waals surface area contributed by atoms with Crippen LogP contribution >= 0.6 is 0 Å². The Bertz CT molecular complexity index is 1080. The maximum Gasteiger partial charge on any atom is 0.253 e.